The number of phenols is 1. The second-order valence-corrected chi connectivity index (χ2v) is 3.67. The van der Waals surface area contributed by atoms with Crippen molar-refractivity contribution in [2.75, 3.05) is 6.61 Å². The fraction of sp³-hybridized carbons (Fsp3) is 0.364. The largest absolute Gasteiger partial charge is 0.508 e. The Morgan fingerprint density at radius 3 is 3.00 bits per heavy atom. The number of carboxylic acids is 1. The van der Waals surface area contributed by atoms with Crippen LogP contribution in [0.1, 0.15) is 12.0 Å². The second-order valence-electron chi connectivity index (χ2n) is 3.67. The second kappa shape index (κ2) is 3.81. The maximum Gasteiger partial charge on any atom is 0.306 e. The molecule has 2 N–H and O–H groups in total. The molecule has 0 aromatic heterocycles. The molecule has 15 heavy (non-hydrogen) atoms. The summed E-state index contributed by atoms with van der Waals surface area (Å²) in [5.74, 6) is -0.414. The number of hydrogen-bond donors (Lipinski definition) is 2. The van der Waals surface area contributed by atoms with Gasteiger partial charge in [-0.2, -0.15) is 0 Å². The first-order valence-corrected chi connectivity index (χ1v) is 4.84. The fourth-order valence-corrected chi connectivity index (χ4v) is 1.76. The Balaban J connectivity index is 2.31. The van der Waals surface area contributed by atoms with Crippen LogP contribution >= 0.6 is 0 Å². The molecule has 0 bridgehead atoms. The number of phenolic OH excluding ortho intramolecular Hbond substituents is 1. The maximum absolute atomic E-state index is 10.9. The minimum absolute atomic E-state index is 0.142. The third-order valence-electron chi connectivity index (χ3n) is 2.58. The Hall–Kier alpha value is -1.71. The molecule has 0 amide bonds. The summed E-state index contributed by atoms with van der Waals surface area (Å²) in [6, 6.07) is 4.78. The van der Waals surface area contributed by atoms with Crippen molar-refractivity contribution in [3.05, 3.63) is 23.8 Å². The molecule has 1 aromatic rings. The zero-order chi connectivity index (χ0) is 10.8. The van der Waals surface area contributed by atoms with Crippen LogP contribution in [0.25, 0.3) is 0 Å². The number of rotatable bonds is 1. The molecule has 4 nitrogen and oxygen atoms in total. The number of hydrogen-bond acceptors (Lipinski definition) is 3. The molecule has 0 saturated heterocycles. The number of fused-ring (bicyclic) bond motifs is 1. The van der Waals surface area contributed by atoms with Crippen LogP contribution in [0.2, 0.25) is 0 Å². The van der Waals surface area contributed by atoms with Gasteiger partial charge in [0.15, 0.2) is 0 Å². The quantitative estimate of drug-likeness (QED) is 0.732. The van der Waals surface area contributed by atoms with Gasteiger partial charge in [-0.05, 0) is 36.6 Å². The van der Waals surface area contributed by atoms with E-state index in [-0.39, 0.29) is 5.75 Å². The monoisotopic (exact) mass is 208 g/mol. The standard InChI is InChI=1S/C11H12O4/c12-9-1-2-10-8(6-9)5-7(11(13)14)3-4-15-10/h1-2,6-7,12H,3-5H2,(H,13,14). The average Bonchev–Trinajstić information content (AvgIpc) is 2.39. The lowest BCUT2D eigenvalue weighted by atomic mass is 9.97. The first-order valence-electron chi connectivity index (χ1n) is 4.84. The number of aromatic hydroxyl groups is 1. The van der Waals surface area contributed by atoms with Crippen molar-refractivity contribution in [1.82, 2.24) is 0 Å². The number of carboxylic acid groups (broad SMARTS) is 1. The van der Waals surface area contributed by atoms with Crippen LogP contribution in [-0.4, -0.2) is 22.8 Å². The highest BCUT2D eigenvalue weighted by molar-refractivity contribution is 5.70. The summed E-state index contributed by atoms with van der Waals surface area (Å²) >= 11 is 0. The molecular weight excluding hydrogens is 196 g/mol. The SMILES string of the molecule is O=C(O)C1CCOc2ccc(O)cc2C1. The van der Waals surface area contributed by atoms with Crippen molar-refractivity contribution in [2.45, 2.75) is 12.8 Å². The number of benzene rings is 1. The predicted octanol–water partition coefficient (Wildman–Crippen LogP) is 1.42. The molecule has 80 valence electrons. The summed E-state index contributed by atoms with van der Waals surface area (Å²) in [5.41, 5.74) is 0.764. The van der Waals surface area contributed by atoms with E-state index in [0.717, 1.165) is 5.56 Å². The summed E-state index contributed by atoms with van der Waals surface area (Å²) in [6.07, 6.45) is 0.920. The minimum atomic E-state index is -0.810. The Kier molecular flexibility index (Phi) is 2.49. The first-order chi connectivity index (χ1) is 7.16. The maximum atomic E-state index is 10.9. The molecule has 1 aliphatic rings. The van der Waals surface area contributed by atoms with Crippen molar-refractivity contribution in [3.8, 4) is 11.5 Å². The first kappa shape index (κ1) is 9.83. The lowest BCUT2D eigenvalue weighted by molar-refractivity contribution is -0.142. The van der Waals surface area contributed by atoms with Gasteiger partial charge in [-0.15, -0.1) is 0 Å². The van der Waals surface area contributed by atoms with Crippen molar-refractivity contribution < 1.29 is 19.7 Å². The van der Waals surface area contributed by atoms with Gasteiger partial charge in [-0.25, -0.2) is 0 Å². The normalized spacial score (nSPS) is 19.9. The van der Waals surface area contributed by atoms with Gasteiger partial charge in [0.05, 0.1) is 12.5 Å². The van der Waals surface area contributed by atoms with Crippen molar-refractivity contribution in [2.24, 2.45) is 5.92 Å². The Morgan fingerprint density at radius 2 is 2.27 bits per heavy atom. The Bertz CT molecular complexity index is 386. The van der Waals surface area contributed by atoms with Crippen LogP contribution in [0.3, 0.4) is 0 Å². The van der Waals surface area contributed by atoms with Crippen LogP contribution in [0.5, 0.6) is 11.5 Å². The lowest BCUT2D eigenvalue weighted by Crippen LogP contribution is -2.16. The third kappa shape index (κ3) is 2.03. The zero-order valence-corrected chi connectivity index (χ0v) is 8.14. The smallest absolute Gasteiger partial charge is 0.306 e. The highest BCUT2D eigenvalue weighted by atomic mass is 16.5. The Labute approximate surface area is 87.1 Å². The van der Waals surface area contributed by atoms with Gasteiger partial charge in [0.2, 0.25) is 0 Å². The number of aliphatic carboxylic acids is 1. The van der Waals surface area contributed by atoms with E-state index in [1.54, 1.807) is 18.2 Å². The zero-order valence-electron chi connectivity index (χ0n) is 8.14. The molecule has 0 fully saturated rings. The molecule has 4 heteroatoms. The predicted molar refractivity (Wildman–Crippen MR) is 53.0 cm³/mol. The van der Waals surface area contributed by atoms with Crippen molar-refractivity contribution in [3.63, 3.8) is 0 Å². The molecule has 1 unspecified atom stereocenters. The molecule has 0 radical (unpaired) electrons. The van der Waals surface area contributed by atoms with E-state index in [0.29, 0.717) is 25.2 Å². The Morgan fingerprint density at radius 1 is 1.47 bits per heavy atom. The fourth-order valence-electron chi connectivity index (χ4n) is 1.76. The van der Waals surface area contributed by atoms with Crippen LogP contribution in [-0.2, 0) is 11.2 Å². The van der Waals surface area contributed by atoms with E-state index in [4.69, 9.17) is 9.84 Å². The molecule has 1 aliphatic heterocycles. The summed E-state index contributed by atoms with van der Waals surface area (Å²) in [6.45, 7) is 0.411. The van der Waals surface area contributed by atoms with Gasteiger partial charge in [0.25, 0.3) is 0 Å². The van der Waals surface area contributed by atoms with E-state index < -0.39 is 11.9 Å². The molecule has 1 atom stereocenters. The van der Waals surface area contributed by atoms with Crippen molar-refractivity contribution in [1.29, 1.82) is 0 Å². The van der Waals surface area contributed by atoms with Crippen LogP contribution in [0.4, 0.5) is 0 Å². The number of ether oxygens (including phenoxy) is 1. The van der Waals surface area contributed by atoms with Crippen molar-refractivity contribution >= 4 is 5.97 Å². The lowest BCUT2D eigenvalue weighted by Gasteiger charge is -2.07. The molecule has 0 saturated carbocycles. The van der Waals surface area contributed by atoms with Gasteiger partial charge < -0.3 is 14.9 Å². The van der Waals surface area contributed by atoms with Crippen LogP contribution in [0.15, 0.2) is 18.2 Å². The van der Waals surface area contributed by atoms with Crippen LogP contribution < -0.4 is 4.74 Å². The summed E-state index contributed by atoms with van der Waals surface area (Å²) in [5, 5.41) is 18.2. The van der Waals surface area contributed by atoms with Gasteiger partial charge in [-0.3, -0.25) is 4.79 Å². The van der Waals surface area contributed by atoms with Gasteiger partial charge >= 0.3 is 5.97 Å². The highest BCUT2D eigenvalue weighted by Crippen LogP contribution is 2.29. The molecular formula is C11H12O4. The minimum Gasteiger partial charge on any atom is -0.508 e. The van der Waals surface area contributed by atoms with Gasteiger partial charge in [-0.1, -0.05) is 0 Å². The van der Waals surface area contributed by atoms with E-state index >= 15 is 0 Å². The van der Waals surface area contributed by atoms with E-state index in [1.165, 1.54) is 0 Å². The molecule has 0 spiro atoms. The molecule has 1 aromatic carbocycles. The van der Waals surface area contributed by atoms with Crippen LogP contribution in [0, 0.1) is 5.92 Å². The molecule has 2 rings (SSSR count). The summed E-state index contributed by atoms with van der Waals surface area (Å²) in [7, 11) is 0. The number of carbonyl (C=O) groups is 1. The van der Waals surface area contributed by atoms with Gasteiger partial charge in [0, 0.05) is 0 Å². The van der Waals surface area contributed by atoms with E-state index in [1.807, 2.05) is 0 Å². The topological polar surface area (TPSA) is 66.8 Å². The average molecular weight is 208 g/mol. The molecule has 1 heterocycles. The van der Waals surface area contributed by atoms with Gasteiger partial charge in [0.1, 0.15) is 11.5 Å². The highest BCUT2D eigenvalue weighted by Gasteiger charge is 2.23. The van der Waals surface area contributed by atoms with E-state index in [2.05, 4.69) is 0 Å². The summed E-state index contributed by atoms with van der Waals surface area (Å²) < 4.78 is 5.41. The summed E-state index contributed by atoms with van der Waals surface area (Å²) in [4.78, 5) is 10.9. The van der Waals surface area contributed by atoms with E-state index in [9.17, 15) is 9.90 Å². The molecule has 0 aliphatic carbocycles. The third-order valence-corrected chi connectivity index (χ3v) is 2.58.